The Bertz CT molecular complexity index is 205. The Kier molecular flexibility index (Phi) is 6.96. The molecule has 0 aliphatic rings. The largest absolute Gasteiger partial charge is 0.344 e. The Morgan fingerprint density at radius 1 is 1.47 bits per heavy atom. The molecule has 4 nitrogen and oxygen atoms in total. The summed E-state index contributed by atoms with van der Waals surface area (Å²) < 4.78 is 0. The van der Waals surface area contributed by atoms with Gasteiger partial charge in [0.15, 0.2) is 0 Å². The molecule has 0 aromatic heterocycles. The maximum Gasteiger partial charge on any atom is 0.237 e. The van der Waals surface area contributed by atoms with Crippen molar-refractivity contribution in [2.75, 3.05) is 0 Å². The van der Waals surface area contributed by atoms with Gasteiger partial charge in [0.05, 0.1) is 12.1 Å². The van der Waals surface area contributed by atoms with E-state index < -0.39 is 12.1 Å². The third-order valence-electron chi connectivity index (χ3n) is 2.10. The van der Waals surface area contributed by atoms with Crippen molar-refractivity contribution >= 4 is 12.2 Å². The summed E-state index contributed by atoms with van der Waals surface area (Å²) in [6, 6.07) is -1.04. The lowest BCUT2D eigenvalue weighted by atomic mass is 10.0. The number of carbonyl (C=O) groups is 1. The van der Waals surface area contributed by atoms with Crippen molar-refractivity contribution in [2.24, 2.45) is 11.7 Å². The summed E-state index contributed by atoms with van der Waals surface area (Å²) in [6.45, 7) is 5.95. The quantitative estimate of drug-likeness (QED) is 0.655. The highest BCUT2D eigenvalue weighted by Crippen LogP contribution is 2.03. The topological polar surface area (TPSA) is 72.2 Å². The van der Waals surface area contributed by atoms with Gasteiger partial charge in [-0.3, -0.25) is 9.59 Å². The summed E-state index contributed by atoms with van der Waals surface area (Å²) in [5.74, 6) is 0.112. The lowest BCUT2D eigenvalue weighted by Crippen LogP contribution is -2.46. The second-order valence-corrected chi connectivity index (χ2v) is 4.20. The standard InChI is InChI=1S/C11H21N2O2/c1-4-5-9(7-14)13-11(15)10(12)6-8(2)3/h8-10H,4-6,12H2,1-3H3,(H,13,15). The molecule has 0 rings (SSSR count). The minimum atomic E-state index is -0.530. The van der Waals surface area contributed by atoms with Crippen LogP contribution in [0.4, 0.5) is 0 Å². The van der Waals surface area contributed by atoms with E-state index in [2.05, 4.69) is 5.32 Å². The van der Waals surface area contributed by atoms with Gasteiger partial charge in [0, 0.05) is 0 Å². The summed E-state index contributed by atoms with van der Waals surface area (Å²) in [7, 11) is 0. The second kappa shape index (κ2) is 7.40. The summed E-state index contributed by atoms with van der Waals surface area (Å²) in [5, 5.41) is 2.59. The van der Waals surface area contributed by atoms with E-state index in [9.17, 15) is 9.59 Å². The molecule has 1 radical (unpaired) electrons. The number of hydrogen-bond donors (Lipinski definition) is 2. The molecule has 87 valence electrons. The van der Waals surface area contributed by atoms with Crippen LogP contribution in [0.3, 0.4) is 0 Å². The van der Waals surface area contributed by atoms with Gasteiger partial charge >= 0.3 is 0 Å². The van der Waals surface area contributed by atoms with Gasteiger partial charge in [0.25, 0.3) is 0 Å². The molecule has 3 N–H and O–H groups in total. The molecule has 2 atom stereocenters. The highest BCUT2D eigenvalue weighted by molar-refractivity contribution is 5.84. The van der Waals surface area contributed by atoms with E-state index in [0.717, 1.165) is 6.42 Å². The van der Waals surface area contributed by atoms with E-state index in [1.165, 1.54) is 0 Å². The van der Waals surface area contributed by atoms with Crippen LogP contribution in [-0.4, -0.2) is 24.3 Å². The number of nitrogens with one attached hydrogen (secondary N) is 1. The first kappa shape index (κ1) is 14.1. The normalized spacial score (nSPS) is 14.7. The monoisotopic (exact) mass is 213 g/mol. The first-order valence-electron chi connectivity index (χ1n) is 5.44. The smallest absolute Gasteiger partial charge is 0.237 e. The van der Waals surface area contributed by atoms with E-state index in [0.29, 0.717) is 18.8 Å². The zero-order valence-corrected chi connectivity index (χ0v) is 9.75. The SMILES string of the molecule is CCCC([C]=O)NC(=O)C(N)CC(C)C. The van der Waals surface area contributed by atoms with E-state index >= 15 is 0 Å². The van der Waals surface area contributed by atoms with Crippen molar-refractivity contribution in [1.82, 2.24) is 5.32 Å². The van der Waals surface area contributed by atoms with Gasteiger partial charge in [-0.2, -0.15) is 0 Å². The average molecular weight is 213 g/mol. The van der Waals surface area contributed by atoms with Crippen LogP contribution in [0, 0.1) is 5.92 Å². The molecule has 2 unspecified atom stereocenters. The molecule has 0 aromatic rings. The molecular weight excluding hydrogens is 192 g/mol. The van der Waals surface area contributed by atoms with Gasteiger partial charge in [-0.05, 0) is 18.8 Å². The van der Waals surface area contributed by atoms with E-state index in [4.69, 9.17) is 5.73 Å². The minimum Gasteiger partial charge on any atom is -0.344 e. The molecule has 0 saturated heterocycles. The molecule has 4 heteroatoms. The van der Waals surface area contributed by atoms with Gasteiger partial charge < -0.3 is 11.1 Å². The van der Waals surface area contributed by atoms with Crippen LogP contribution in [0.25, 0.3) is 0 Å². The zero-order valence-electron chi connectivity index (χ0n) is 9.75. The Labute approximate surface area is 91.6 Å². The molecule has 0 bridgehead atoms. The van der Waals surface area contributed by atoms with Crippen molar-refractivity contribution in [3.63, 3.8) is 0 Å². The summed E-state index contributed by atoms with van der Waals surface area (Å²) in [4.78, 5) is 22.0. The molecule has 0 fully saturated rings. The molecule has 0 aromatic carbocycles. The first-order chi connectivity index (χ1) is 7.01. The van der Waals surface area contributed by atoms with Crippen LogP contribution < -0.4 is 11.1 Å². The maximum atomic E-state index is 11.5. The number of rotatable bonds is 7. The van der Waals surface area contributed by atoms with Crippen LogP contribution in [0.15, 0.2) is 0 Å². The third kappa shape index (κ3) is 6.23. The molecular formula is C11H21N2O2. The van der Waals surface area contributed by atoms with Gasteiger partial charge in [0.2, 0.25) is 12.2 Å². The zero-order chi connectivity index (χ0) is 11.8. The molecule has 0 aliphatic heterocycles. The van der Waals surface area contributed by atoms with Crippen molar-refractivity contribution in [3.8, 4) is 0 Å². The lowest BCUT2D eigenvalue weighted by molar-refractivity contribution is -0.123. The fourth-order valence-electron chi connectivity index (χ4n) is 1.34. The molecule has 0 aliphatic carbocycles. The highest BCUT2D eigenvalue weighted by atomic mass is 16.2. The van der Waals surface area contributed by atoms with Crippen molar-refractivity contribution < 1.29 is 9.59 Å². The number of carbonyl (C=O) groups excluding carboxylic acids is 2. The lowest BCUT2D eigenvalue weighted by Gasteiger charge is -2.16. The number of hydrogen-bond acceptors (Lipinski definition) is 3. The van der Waals surface area contributed by atoms with Crippen molar-refractivity contribution in [2.45, 2.75) is 52.1 Å². The summed E-state index contributed by atoms with van der Waals surface area (Å²) in [5.41, 5.74) is 5.68. The Morgan fingerprint density at radius 2 is 2.07 bits per heavy atom. The number of amides is 1. The van der Waals surface area contributed by atoms with Crippen LogP contribution >= 0.6 is 0 Å². The van der Waals surface area contributed by atoms with Gasteiger partial charge in [-0.25, -0.2) is 0 Å². The maximum absolute atomic E-state index is 11.5. The Morgan fingerprint density at radius 3 is 2.47 bits per heavy atom. The van der Waals surface area contributed by atoms with Crippen LogP contribution in [0.5, 0.6) is 0 Å². The van der Waals surface area contributed by atoms with E-state index in [1.807, 2.05) is 20.8 Å². The molecule has 0 saturated carbocycles. The van der Waals surface area contributed by atoms with E-state index in [1.54, 1.807) is 6.29 Å². The molecule has 1 amide bonds. The van der Waals surface area contributed by atoms with Crippen LogP contribution in [0.2, 0.25) is 0 Å². The fourth-order valence-corrected chi connectivity index (χ4v) is 1.34. The predicted molar refractivity (Wildman–Crippen MR) is 60.0 cm³/mol. The molecule has 0 spiro atoms. The fraction of sp³-hybridized carbons (Fsp3) is 0.818. The van der Waals surface area contributed by atoms with Crippen LogP contribution in [0.1, 0.15) is 40.0 Å². The summed E-state index contributed by atoms with van der Waals surface area (Å²) >= 11 is 0. The van der Waals surface area contributed by atoms with Crippen molar-refractivity contribution in [3.05, 3.63) is 0 Å². The highest BCUT2D eigenvalue weighted by Gasteiger charge is 2.18. The van der Waals surface area contributed by atoms with Gasteiger partial charge in [-0.1, -0.05) is 27.2 Å². The Hall–Kier alpha value is -0.900. The minimum absolute atomic E-state index is 0.259. The Balaban J connectivity index is 4.03. The second-order valence-electron chi connectivity index (χ2n) is 4.20. The predicted octanol–water partition coefficient (Wildman–Crippen LogP) is 0.754. The van der Waals surface area contributed by atoms with Gasteiger partial charge in [-0.15, -0.1) is 0 Å². The average Bonchev–Trinajstić information content (AvgIpc) is 2.15. The third-order valence-corrected chi connectivity index (χ3v) is 2.10. The molecule has 0 heterocycles. The van der Waals surface area contributed by atoms with E-state index in [-0.39, 0.29) is 5.91 Å². The first-order valence-corrected chi connectivity index (χ1v) is 5.44. The molecule has 15 heavy (non-hydrogen) atoms. The van der Waals surface area contributed by atoms with Crippen LogP contribution in [-0.2, 0) is 9.59 Å². The number of nitrogens with two attached hydrogens (primary N) is 1. The van der Waals surface area contributed by atoms with Gasteiger partial charge in [0.1, 0.15) is 0 Å². The van der Waals surface area contributed by atoms with Crippen molar-refractivity contribution in [1.29, 1.82) is 0 Å². The summed E-state index contributed by atoms with van der Waals surface area (Å²) in [6.07, 6.45) is 3.88.